The molecule has 0 aromatic heterocycles. The third-order valence-corrected chi connectivity index (χ3v) is 3.33. The zero-order valence-electron chi connectivity index (χ0n) is 11.9. The number of nitrogens with zero attached hydrogens (tertiary/aromatic N) is 2. The van der Waals surface area contributed by atoms with E-state index in [1.54, 1.807) is 17.0 Å². The Balaban J connectivity index is 1.89. The quantitative estimate of drug-likeness (QED) is 0.358. The van der Waals surface area contributed by atoms with Crippen molar-refractivity contribution in [3.63, 3.8) is 0 Å². The molecule has 0 bridgehead atoms. The van der Waals surface area contributed by atoms with Crippen LogP contribution in [0.3, 0.4) is 0 Å². The molecule has 1 aliphatic rings. The van der Waals surface area contributed by atoms with E-state index in [1.807, 2.05) is 0 Å². The predicted octanol–water partition coefficient (Wildman–Crippen LogP) is 1.77. The lowest BCUT2D eigenvalue weighted by molar-refractivity contribution is -0.385. The predicted molar refractivity (Wildman–Crippen MR) is 78.9 cm³/mol. The van der Waals surface area contributed by atoms with Gasteiger partial charge in [0, 0.05) is 25.2 Å². The topological polar surface area (TPSA) is 89.7 Å². The van der Waals surface area contributed by atoms with Crippen LogP contribution >= 0.6 is 0 Å². The number of hydrogen-bond acceptors (Lipinski definition) is 5. The van der Waals surface area contributed by atoms with Gasteiger partial charge in [0.25, 0.3) is 11.6 Å². The Labute approximate surface area is 127 Å². The fourth-order valence-electron chi connectivity index (χ4n) is 2.19. The van der Waals surface area contributed by atoms with Crippen molar-refractivity contribution in [1.82, 2.24) is 4.90 Å². The van der Waals surface area contributed by atoms with E-state index in [1.165, 1.54) is 18.2 Å². The van der Waals surface area contributed by atoms with E-state index in [0.29, 0.717) is 18.7 Å². The summed E-state index contributed by atoms with van der Waals surface area (Å²) < 4.78 is 4.85. The summed E-state index contributed by atoms with van der Waals surface area (Å²) in [7, 11) is 0. The Kier molecular flexibility index (Phi) is 5.24. The average Bonchev–Trinajstić information content (AvgIpc) is 3.05. The second-order valence-corrected chi connectivity index (χ2v) is 4.84. The standard InChI is InChI=1S/C15H16N2O5/c18-14(16-9-3-4-10-16)11-22-15(19)8-7-12-5-1-2-6-13(12)17(20)21/h1-2,5-8H,3-4,9-11H2. The number of nitro groups is 1. The second-order valence-electron chi connectivity index (χ2n) is 4.84. The van der Waals surface area contributed by atoms with E-state index >= 15 is 0 Å². The molecule has 1 amide bonds. The molecule has 0 aliphatic carbocycles. The molecule has 7 heteroatoms. The highest BCUT2D eigenvalue weighted by Gasteiger charge is 2.18. The number of ether oxygens (including phenoxy) is 1. The number of carbonyl (C=O) groups excluding carboxylic acids is 2. The normalized spacial score (nSPS) is 14.3. The van der Waals surface area contributed by atoms with E-state index in [0.717, 1.165) is 18.9 Å². The van der Waals surface area contributed by atoms with Crippen molar-refractivity contribution in [3.8, 4) is 0 Å². The largest absolute Gasteiger partial charge is 0.452 e. The third-order valence-electron chi connectivity index (χ3n) is 3.33. The Morgan fingerprint density at radius 2 is 1.95 bits per heavy atom. The van der Waals surface area contributed by atoms with Gasteiger partial charge in [-0.15, -0.1) is 0 Å². The van der Waals surface area contributed by atoms with Gasteiger partial charge in [-0.1, -0.05) is 12.1 Å². The first-order chi connectivity index (χ1) is 10.6. The number of nitro benzene ring substituents is 1. The van der Waals surface area contributed by atoms with E-state index < -0.39 is 10.9 Å². The highest BCUT2D eigenvalue weighted by Crippen LogP contribution is 2.18. The maximum Gasteiger partial charge on any atom is 0.331 e. The number of rotatable bonds is 5. The summed E-state index contributed by atoms with van der Waals surface area (Å²) in [4.78, 5) is 35.2. The molecule has 2 rings (SSSR count). The maximum atomic E-state index is 11.7. The molecule has 1 aromatic carbocycles. The number of benzene rings is 1. The van der Waals surface area contributed by atoms with Crippen LogP contribution in [-0.4, -0.2) is 41.4 Å². The second kappa shape index (κ2) is 7.35. The van der Waals surface area contributed by atoms with E-state index in [-0.39, 0.29) is 18.2 Å². The Bertz CT molecular complexity index is 606. The molecule has 0 unspecified atom stereocenters. The van der Waals surface area contributed by atoms with Crippen molar-refractivity contribution in [1.29, 1.82) is 0 Å². The number of likely N-dealkylation sites (tertiary alicyclic amines) is 1. The molecule has 1 saturated heterocycles. The summed E-state index contributed by atoms with van der Waals surface area (Å²) in [5.74, 6) is -0.921. The minimum absolute atomic E-state index is 0.0975. The Hall–Kier alpha value is -2.70. The van der Waals surface area contributed by atoms with Gasteiger partial charge in [0.05, 0.1) is 10.5 Å². The smallest absolute Gasteiger partial charge is 0.331 e. The molecule has 7 nitrogen and oxygen atoms in total. The van der Waals surface area contributed by atoms with Crippen LogP contribution < -0.4 is 0 Å². The van der Waals surface area contributed by atoms with Crippen molar-refractivity contribution < 1.29 is 19.2 Å². The van der Waals surface area contributed by atoms with Crippen LogP contribution in [0.15, 0.2) is 30.3 Å². The van der Waals surface area contributed by atoms with Gasteiger partial charge in [-0.2, -0.15) is 0 Å². The molecule has 1 fully saturated rings. The first-order valence-corrected chi connectivity index (χ1v) is 6.94. The SMILES string of the molecule is O=C(C=Cc1ccccc1[N+](=O)[O-])OCC(=O)N1CCCC1. The fraction of sp³-hybridized carbons (Fsp3) is 0.333. The van der Waals surface area contributed by atoms with Gasteiger partial charge in [0.1, 0.15) is 0 Å². The summed E-state index contributed by atoms with van der Waals surface area (Å²) in [6.45, 7) is 1.09. The third kappa shape index (κ3) is 4.15. The maximum absolute atomic E-state index is 11.7. The Morgan fingerprint density at radius 1 is 1.27 bits per heavy atom. The summed E-state index contributed by atoms with van der Waals surface area (Å²) >= 11 is 0. The van der Waals surface area contributed by atoms with Crippen molar-refractivity contribution in [2.75, 3.05) is 19.7 Å². The van der Waals surface area contributed by atoms with Gasteiger partial charge >= 0.3 is 5.97 Å². The summed E-state index contributed by atoms with van der Waals surface area (Å²) in [6, 6.07) is 6.05. The summed E-state index contributed by atoms with van der Waals surface area (Å²) in [5.41, 5.74) is 0.204. The van der Waals surface area contributed by atoms with Gasteiger partial charge in [0.15, 0.2) is 6.61 Å². The van der Waals surface area contributed by atoms with Gasteiger partial charge in [0.2, 0.25) is 0 Å². The first-order valence-electron chi connectivity index (χ1n) is 6.94. The molecule has 1 aliphatic heterocycles. The highest BCUT2D eigenvalue weighted by atomic mass is 16.6. The van der Waals surface area contributed by atoms with Crippen molar-refractivity contribution in [2.45, 2.75) is 12.8 Å². The molecule has 0 N–H and O–H groups in total. The van der Waals surface area contributed by atoms with Crippen molar-refractivity contribution in [2.24, 2.45) is 0 Å². The number of amides is 1. The van der Waals surface area contributed by atoms with Crippen LogP contribution in [0.25, 0.3) is 6.08 Å². The lowest BCUT2D eigenvalue weighted by atomic mass is 10.1. The van der Waals surface area contributed by atoms with Crippen LogP contribution in [0.5, 0.6) is 0 Å². The van der Waals surface area contributed by atoms with Crippen LogP contribution in [-0.2, 0) is 14.3 Å². The van der Waals surface area contributed by atoms with Crippen LogP contribution in [0, 0.1) is 10.1 Å². The number of para-hydroxylation sites is 1. The van der Waals surface area contributed by atoms with Crippen molar-refractivity contribution in [3.05, 3.63) is 46.0 Å². The molecular formula is C15H16N2O5. The summed E-state index contributed by atoms with van der Waals surface area (Å²) in [6.07, 6.45) is 4.33. The van der Waals surface area contributed by atoms with Crippen LogP contribution in [0.1, 0.15) is 18.4 Å². The molecule has 0 spiro atoms. The molecular weight excluding hydrogens is 288 g/mol. The molecule has 0 saturated carbocycles. The lowest BCUT2D eigenvalue weighted by Gasteiger charge is -2.14. The van der Waals surface area contributed by atoms with Gasteiger partial charge in [-0.25, -0.2) is 4.79 Å². The van der Waals surface area contributed by atoms with Gasteiger partial charge in [-0.05, 0) is 25.0 Å². The van der Waals surface area contributed by atoms with Gasteiger partial charge in [-0.3, -0.25) is 14.9 Å². The number of esters is 1. The van der Waals surface area contributed by atoms with E-state index in [4.69, 9.17) is 4.74 Å². The minimum Gasteiger partial charge on any atom is -0.452 e. The minimum atomic E-state index is -0.703. The van der Waals surface area contributed by atoms with E-state index in [2.05, 4.69) is 0 Å². The average molecular weight is 304 g/mol. The zero-order valence-corrected chi connectivity index (χ0v) is 11.9. The van der Waals surface area contributed by atoms with Gasteiger partial charge < -0.3 is 9.64 Å². The zero-order chi connectivity index (χ0) is 15.9. The number of hydrogen-bond donors (Lipinski definition) is 0. The lowest BCUT2D eigenvalue weighted by Crippen LogP contribution is -2.31. The molecule has 0 radical (unpaired) electrons. The van der Waals surface area contributed by atoms with Crippen LogP contribution in [0.2, 0.25) is 0 Å². The van der Waals surface area contributed by atoms with Crippen LogP contribution in [0.4, 0.5) is 5.69 Å². The summed E-state index contributed by atoms with van der Waals surface area (Å²) in [5, 5.41) is 10.8. The fourth-order valence-corrected chi connectivity index (χ4v) is 2.19. The first kappa shape index (κ1) is 15.7. The number of carbonyl (C=O) groups is 2. The Morgan fingerprint density at radius 3 is 2.64 bits per heavy atom. The molecule has 22 heavy (non-hydrogen) atoms. The van der Waals surface area contributed by atoms with Crippen molar-refractivity contribution >= 4 is 23.6 Å². The monoisotopic (exact) mass is 304 g/mol. The van der Waals surface area contributed by atoms with E-state index in [9.17, 15) is 19.7 Å². The molecule has 0 atom stereocenters. The molecule has 1 aromatic rings. The highest BCUT2D eigenvalue weighted by molar-refractivity contribution is 5.90. The molecule has 1 heterocycles. The molecule has 116 valence electrons.